The molecule has 2 N–H and O–H groups in total. The van der Waals surface area contributed by atoms with Gasteiger partial charge in [0.05, 0.1) is 6.21 Å². The van der Waals surface area contributed by atoms with Gasteiger partial charge in [-0.2, -0.15) is 5.10 Å². The minimum Gasteiger partial charge on any atom is -0.359 e. The summed E-state index contributed by atoms with van der Waals surface area (Å²) in [5.41, 5.74) is 3.91. The van der Waals surface area contributed by atoms with E-state index in [9.17, 15) is 0 Å². The van der Waals surface area contributed by atoms with Gasteiger partial charge in [-0.1, -0.05) is 47.3 Å². The molecule has 1 saturated carbocycles. The largest absolute Gasteiger partial charge is 0.359 e. The molecule has 0 aliphatic heterocycles. The molecule has 3 nitrogen and oxygen atoms in total. The predicted molar refractivity (Wildman–Crippen MR) is 87.5 cm³/mol. The van der Waals surface area contributed by atoms with Gasteiger partial charge in [0.15, 0.2) is 5.11 Å². The number of benzene rings is 1. The molecule has 0 spiro atoms. The zero-order valence-electron chi connectivity index (χ0n) is 10.7. The van der Waals surface area contributed by atoms with Crippen LogP contribution in [0.3, 0.4) is 0 Å². The van der Waals surface area contributed by atoms with Gasteiger partial charge in [0.1, 0.15) is 0 Å². The molecule has 1 fully saturated rings. The molecule has 1 aromatic rings. The van der Waals surface area contributed by atoms with E-state index in [1.54, 1.807) is 6.21 Å². The van der Waals surface area contributed by atoms with E-state index in [4.69, 9.17) is 12.2 Å². The van der Waals surface area contributed by atoms with Crippen LogP contribution in [0.4, 0.5) is 0 Å². The summed E-state index contributed by atoms with van der Waals surface area (Å²) >= 11 is 8.63. The molecule has 0 saturated heterocycles. The summed E-state index contributed by atoms with van der Waals surface area (Å²) in [6, 6.07) is 8.47. The molecule has 0 heterocycles. The van der Waals surface area contributed by atoms with Crippen molar-refractivity contribution in [2.75, 3.05) is 0 Å². The molecular formula is C14H18BrN3S. The van der Waals surface area contributed by atoms with Crippen LogP contribution < -0.4 is 10.7 Å². The van der Waals surface area contributed by atoms with Crippen LogP contribution in [0.2, 0.25) is 0 Å². The third-order valence-electron chi connectivity index (χ3n) is 3.19. The quantitative estimate of drug-likeness (QED) is 0.502. The third-order valence-corrected chi connectivity index (χ3v) is 3.93. The Morgan fingerprint density at radius 2 is 1.89 bits per heavy atom. The highest BCUT2D eigenvalue weighted by Crippen LogP contribution is 2.17. The first-order valence-corrected chi connectivity index (χ1v) is 7.79. The van der Waals surface area contributed by atoms with Crippen molar-refractivity contribution in [1.82, 2.24) is 10.7 Å². The molecule has 1 aliphatic carbocycles. The minimum absolute atomic E-state index is 0.511. The zero-order chi connectivity index (χ0) is 13.5. The van der Waals surface area contributed by atoms with Gasteiger partial charge < -0.3 is 5.32 Å². The van der Waals surface area contributed by atoms with E-state index >= 15 is 0 Å². The average molecular weight is 340 g/mol. The Hall–Kier alpha value is -0.940. The molecule has 0 radical (unpaired) electrons. The van der Waals surface area contributed by atoms with Crippen molar-refractivity contribution < 1.29 is 0 Å². The van der Waals surface area contributed by atoms with Crippen LogP contribution in [0, 0.1) is 0 Å². The molecule has 0 bridgehead atoms. The van der Waals surface area contributed by atoms with Crippen LogP contribution in [0.1, 0.15) is 37.7 Å². The highest BCUT2D eigenvalue weighted by molar-refractivity contribution is 9.10. The van der Waals surface area contributed by atoms with Gasteiger partial charge in [-0.15, -0.1) is 0 Å². The van der Waals surface area contributed by atoms with Crippen LogP contribution >= 0.6 is 28.1 Å². The molecule has 19 heavy (non-hydrogen) atoms. The Morgan fingerprint density at radius 1 is 1.21 bits per heavy atom. The standard InChI is InChI=1S/C14H18BrN3S/c15-12-8-6-11(7-9-12)10-16-18-14(19)17-13-4-2-1-3-5-13/h6-10,13H,1-5H2,(H2,17,18,19)/b16-10+. The van der Waals surface area contributed by atoms with Gasteiger partial charge in [-0.25, -0.2) is 0 Å². The molecule has 102 valence electrons. The zero-order valence-corrected chi connectivity index (χ0v) is 13.1. The highest BCUT2D eigenvalue weighted by Gasteiger charge is 2.13. The molecule has 1 aromatic carbocycles. The molecule has 0 unspecified atom stereocenters. The fraction of sp³-hybridized carbons (Fsp3) is 0.429. The predicted octanol–water partition coefficient (Wildman–Crippen LogP) is 3.58. The maximum atomic E-state index is 5.23. The van der Waals surface area contributed by atoms with E-state index < -0.39 is 0 Å². The Balaban J connectivity index is 1.74. The molecule has 5 heteroatoms. The second-order valence-corrected chi connectivity index (χ2v) is 6.05. The lowest BCUT2D eigenvalue weighted by Gasteiger charge is -2.23. The van der Waals surface area contributed by atoms with E-state index in [2.05, 4.69) is 31.8 Å². The summed E-state index contributed by atoms with van der Waals surface area (Å²) in [4.78, 5) is 0. The molecule has 0 atom stereocenters. The van der Waals surface area contributed by atoms with Gasteiger partial charge in [0, 0.05) is 10.5 Å². The average Bonchev–Trinajstić information content (AvgIpc) is 2.42. The number of rotatable bonds is 3. The van der Waals surface area contributed by atoms with Crippen molar-refractivity contribution in [3.8, 4) is 0 Å². The lowest BCUT2D eigenvalue weighted by atomic mass is 9.96. The summed E-state index contributed by atoms with van der Waals surface area (Å²) in [7, 11) is 0. The van der Waals surface area contributed by atoms with Crippen molar-refractivity contribution >= 4 is 39.5 Å². The third kappa shape index (κ3) is 5.28. The number of nitrogens with one attached hydrogen (secondary N) is 2. The second kappa shape index (κ2) is 7.60. The number of hydrogen-bond donors (Lipinski definition) is 2. The monoisotopic (exact) mass is 339 g/mol. The first kappa shape index (κ1) is 14.5. The molecular weight excluding hydrogens is 322 g/mol. The molecule has 2 rings (SSSR count). The maximum Gasteiger partial charge on any atom is 0.187 e. The molecule has 0 amide bonds. The Bertz CT molecular complexity index is 439. The fourth-order valence-electron chi connectivity index (χ4n) is 2.18. The Kier molecular flexibility index (Phi) is 5.79. The van der Waals surface area contributed by atoms with E-state index in [-0.39, 0.29) is 0 Å². The first-order chi connectivity index (χ1) is 9.24. The first-order valence-electron chi connectivity index (χ1n) is 6.59. The second-order valence-electron chi connectivity index (χ2n) is 4.73. The van der Waals surface area contributed by atoms with E-state index in [1.165, 1.54) is 32.1 Å². The van der Waals surface area contributed by atoms with Gasteiger partial charge >= 0.3 is 0 Å². The van der Waals surface area contributed by atoms with Crippen LogP contribution in [0.5, 0.6) is 0 Å². The van der Waals surface area contributed by atoms with Crippen LogP contribution in [-0.2, 0) is 0 Å². The smallest absolute Gasteiger partial charge is 0.187 e. The number of thiocarbonyl (C=S) groups is 1. The summed E-state index contributed by atoms with van der Waals surface area (Å²) < 4.78 is 1.06. The number of hydrazone groups is 1. The normalized spacial score (nSPS) is 16.5. The van der Waals surface area contributed by atoms with Crippen molar-refractivity contribution in [3.63, 3.8) is 0 Å². The summed E-state index contributed by atoms with van der Waals surface area (Å²) in [5.74, 6) is 0. The van der Waals surface area contributed by atoms with Crippen molar-refractivity contribution in [2.24, 2.45) is 5.10 Å². The van der Waals surface area contributed by atoms with Gasteiger partial charge in [0.25, 0.3) is 0 Å². The summed E-state index contributed by atoms with van der Waals surface area (Å²) in [6.45, 7) is 0. The Morgan fingerprint density at radius 3 is 2.58 bits per heavy atom. The van der Waals surface area contributed by atoms with Crippen molar-refractivity contribution in [3.05, 3.63) is 34.3 Å². The van der Waals surface area contributed by atoms with E-state index in [0.717, 1.165) is 10.0 Å². The summed E-state index contributed by atoms with van der Waals surface area (Å²) in [6.07, 6.45) is 8.11. The maximum absolute atomic E-state index is 5.23. The van der Waals surface area contributed by atoms with Crippen LogP contribution in [0.25, 0.3) is 0 Å². The fourth-order valence-corrected chi connectivity index (χ4v) is 2.66. The van der Waals surface area contributed by atoms with Crippen molar-refractivity contribution in [2.45, 2.75) is 38.1 Å². The molecule has 0 aromatic heterocycles. The minimum atomic E-state index is 0.511. The lowest BCUT2D eigenvalue weighted by molar-refractivity contribution is 0.412. The Labute approximate surface area is 128 Å². The van der Waals surface area contributed by atoms with Gasteiger partial charge in [0.2, 0.25) is 0 Å². The molecule has 1 aliphatic rings. The van der Waals surface area contributed by atoms with Crippen LogP contribution in [-0.4, -0.2) is 17.4 Å². The summed E-state index contributed by atoms with van der Waals surface area (Å²) in [5, 5.41) is 8.07. The SMILES string of the molecule is S=C(N/N=C/c1ccc(Br)cc1)NC1CCCCC1. The van der Waals surface area contributed by atoms with E-state index in [1.807, 2.05) is 24.3 Å². The highest BCUT2D eigenvalue weighted by atomic mass is 79.9. The van der Waals surface area contributed by atoms with Gasteiger partial charge in [-0.05, 0) is 42.8 Å². The van der Waals surface area contributed by atoms with Crippen molar-refractivity contribution in [1.29, 1.82) is 0 Å². The lowest BCUT2D eigenvalue weighted by Crippen LogP contribution is -2.40. The number of halogens is 1. The van der Waals surface area contributed by atoms with Gasteiger partial charge in [-0.3, -0.25) is 5.43 Å². The number of nitrogens with zero attached hydrogens (tertiary/aromatic N) is 1. The van der Waals surface area contributed by atoms with Crippen LogP contribution in [0.15, 0.2) is 33.8 Å². The van der Waals surface area contributed by atoms with E-state index in [0.29, 0.717) is 11.2 Å². The number of hydrogen-bond acceptors (Lipinski definition) is 2. The topological polar surface area (TPSA) is 36.4 Å².